The summed E-state index contributed by atoms with van der Waals surface area (Å²) in [6, 6.07) is -0.859. The van der Waals surface area contributed by atoms with Crippen molar-refractivity contribution in [3.8, 4) is 0 Å². The van der Waals surface area contributed by atoms with Crippen molar-refractivity contribution in [1.29, 1.82) is 0 Å². The van der Waals surface area contributed by atoms with Gasteiger partial charge in [-0.2, -0.15) is 9.78 Å². The van der Waals surface area contributed by atoms with E-state index in [-0.39, 0.29) is 18.6 Å². The van der Waals surface area contributed by atoms with E-state index >= 15 is 0 Å². The fourth-order valence-electron chi connectivity index (χ4n) is 6.24. The van der Waals surface area contributed by atoms with E-state index in [1.54, 1.807) is 0 Å². The van der Waals surface area contributed by atoms with Gasteiger partial charge in [0.25, 0.3) is 0 Å². The van der Waals surface area contributed by atoms with Crippen LogP contribution in [-0.2, 0) is 33.8 Å². The van der Waals surface area contributed by atoms with Gasteiger partial charge in [0.2, 0.25) is 5.91 Å². The summed E-state index contributed by atoms with van der Waals surface area (Å²) in [4.78, 5) is 54.4. The number of unbranched alkanes of at least 4 members (excludes halogenated alkanes) is 23. The Balaban J connectivity index is 4.66. The van der Waals surface area contributed by atoms with Crippen molar-refractivity contribution in [2.24, 2.45) is 0 Å². The second kappa shape index (κ2) is 41.0. The van der Waals surface area contributed by atoms with Crippen molar-refractivity contribution >= 4 is 18.1 Å². The summed E-state index contributed by atoms with van der Waals surface area (Å²) >= 11 is 0. The van der Waals surface area contributed by atoms with Crippen molar-refractivity contribution < 1.29 is 43.4 Å². The number of nitrogens with one attached hydrogen (secondary N) is 3. The third-order valence-electron chi connectivity index (χ3n) is 9.42. The average molecular weight is 760 g/mol. The number of amides is 3. The highest BCUT2D eigenvalue weighted by Crippen LogP contribution is 2.14. The van der Waals surface area contributed by atoms with Gasteiger partial charge < -0.3 is 25.4 Å². The zero-order valence-electron chi connectivity index (χ0n) is 34.5. The minimum Gasteiger partial charge on any atom is -0.379 e. The van der Waals surface area contributed by atoms with Crippen LogP contribution in [0.4, 0.5) is 9.59 Å². The molecule has 0 aliphatic rings. The molecule has 0 heterocycles. The summed E-state index contributed by atoms with van der Waals surface area (Å²) in [6.45, 7) is 6.78. The van der Waals surface area contributed by atoms with Crippen LogP contribution < -0.4 is 16.0 Å². The summed E-state index contributed by atoms with van der Waals surface area (Å²) < 4.78 is 12.3. The first-order valence-corrected chi connectivity index (χ1v) is 21.4. The Morgan fingerprint density at radius 2 is 0.962 bits per heavy atom. The smallest absolute Gasteiger partial charge is 0.379 e. The molecule has 0 saturated carbocycles. The second-order valence-electron chi connectivity index (χ2n) is 14.3. The molecule has 2 unspecified atom stereocenters. The Morgan fingerprint density at radius 1 is 0.509 bits per heavy atom. The normalized spacial score (nSPS) is 12.3. The summed E-state index contributed by atoms with van der Waals surface area (Å²) in [5, 5.41) is 8.04. The number of carbonyl (C=O) groups excluding carboxylic acids is 3. The van der Waals surface area contributed by atoms with Crippen molar-refractivity contribution in [1.82, 2.24) is 16.0 Å². The molecule has 53 heavy (non-hydrogen) atoms. The van der Waals surface area contributed by atoms with Crippen LogP contribution >= 0.6 is 0 Å². The minimum absolute atomic E-state index is 0.261. The number of hydrogen-bond acceptors (Lipinski definition) is 9. The van der Waals surface area contributed by atoms with Crippen LogP contribution in [0.15, 0.2) is 0 Å². The molecule has 314 valence electrons. The number of hydrogen-bond donors (Lipinski definition) is 3. The van der Waals surface area contributed by atoms with Crippen molar-refractivity contribution in [3.63, 3.8) is 0 Å². The van der Waals surface area contributed by atoms with Gasteiger partial charge in [-0.05, 0) is 32.1 Å². The van der Waals surface area contributed by atoms with Crippen LogP contribution in [0.2, 0.25) is 0 Å². The molecule has 12 heteroatoms. The van der Waals surface area contributed by atoms with E-state index in [0.29, 0.717) is 45.6 Å². The molecular weight excluding hydrogens is 678 g/mol. The van der Waals surface area contributed by atoms with Crippen LogP contribution in [0.3, 0.4) is 0 Å². The van der Waals surface area contributed by atoms with E-state index < -0.39 is 18.2 Å². The topological polar surface area (TPSA) is 143 Å². The highest BCUT2D eigenvalue weighted by Gasteiger charge is 2.23. The SMILES string of the molecule is CCCCCCCCCCCCCCOCC(CNC(=O)C(CCCCNC(=O)OOC)NC(=O)OOC)OCCCCCCCCCCCCCC. The van der Waals surface area contributed by atoms with E-state index in [1.807, 2.05) is 0 Å². The maximum atomic E-state index is 13.2. The molecule has 0 aromatic rings. The van der Waals surface area contributed by atoms with Gasteiger partial charge >= 0.3 is 12.2 Å². The molecule has 2 atom stereocenters. The van der Waals surface area contributed by atoms with Gasteiger partial charge in [0.05, 0.1) is 26.9 Å². The van der Waals surface area contributed by atoms with E-state index in [4.69, 9.17) is 9.47 Å². The lowest BCUT2D eigenvalue weighted by molar-refractivity contribution is -0.213. The quantitative estimate of drug-likeness (QED) is 0.0316. The third kappa shape index (κ3) is 36.6. The first-order valence-electron chi connectivity index (χ1n) is 21.4. The monoisotopic (exact) mass is 760 g/mol. The molecule has 3 N–H and O–H groups in total. The maximum absolute atomic E-state index is 13.2. The highest BCUT2D eigenvalue weighted by molar-refractivity contribution is 5.85. The summed E-state index contributed by atoms with van der Waals surface area (Å²) in [6.07, 6.45) is 30.5. The summed E-state index contributed by atoms with van der Waals surface area (Å²) in [7, 11) is 2.46. The number of carbonyl (C=O) groups is 3. The molecule has 0 aromatic heterocycles. The second-order valence-corrected chi connectivity index (χ2v) is 14.3. The zero-order chi connectivity index (χ0) is 38.9. The minimum atomic E-state index is -0.861. The molecule has 0 aromatic carbocycles. The zero-order valence-corrected chi connectivity index (χ0v) is 34.5. The maximum Gasteiger partial charge on any atom is 0.439 e. The van der Waals surface area contributed by atoms with E-state index in [0.717, 1.165) is 25.7 Å². The van der Waals surface area contributed by atoms with Crippen molar-refractivity contribution in [2.45, 2.75) is 199 Å². The van der Waals surface area contributed by atoms with Gasteiger partial charge in [-0.25, -0.2) is 9.59 Å². The first kappa shape index (κ1) is 50.9. The molecule has 0 rings (SSSR count). The van der Waals surface area contributed by atoms with Crippen molar-refractivity contribution in [3.05, 3.63) is 0 Å². The fraction of sp³-hybridized carbons (Fsp3) is 0.927. The first-order chi connectivity index (χ1) is 26.0. The molecule has 0 radical (unpaired) electrons. The number of rotatable bonds is 40. The van der Waals surface area contributed by atoms with Gasteiger partial charge in [-0.3, -0.25) is 14.6 Å². The summed E-state index contributed by atoms with van der Waals surface area (Å²) in [5.74, 6) is -0.357. The van der Waals surface area contributed by atoms with Gasteiger partial charge in [0.15, 0.2) is 0 Å². The Morgan fingerprint density at radius 3 is 1.45 bits per heavy atom. The lowest BCUT2D eigenvalue weighted by atomic mass is 10.1. The Bertz CT molecular complexity index is 822. The molecule has 3 amide bonds. The fourth-order valence-corrected chi connectivity index (χ4v) is 6.24. The van der Waals surface area contributed by atoms with Crippen molar-refractivity contribution in [2.75, 3.05) is 47.1 Å². The van der Waals surface area contributed by atoms with E-state index in [1.165, 1.54) is 143 Å². The molecule has 12 nitrogen and oxygen atoms in total. The van der Waals surface area contributed by atoms with Crippen LogP contribution in [0.1, 0.15) is 187 Å². The molecule has 0 bridgehead atoms. The molecule has 0 spiro atoms. The molecule has 0 saturated heterocycles. The lowest BCUT2D eigenvalue weighted by Crippen LogP contribution is -2.49. The molecular formula is C41H81N3O9. The van der Waals surface area contributed by atoms with Gasteiger partial charge in [0.1, 0.15) is 6.04 Å². The van der Waals surface area contributed by atoms with Crippen LogP contribution in [0.25, 0.3) is 0 Å². The Labute approximate surface area is 323 Å². The summed E-state index contributed by atoms with van der Waals surface area (Å²) in [5.41, 5.74) is 0. The molecule has 0 aliphatic heterocycles. The van der Waals surface area contributed by atoms with Gasteiger partial charge in [0, 0.05) is 26.3 Å². The molecule has 0 aliphatic carbocycles. The highest BCUT2D eigenvalue weighted by atomic mass is 17.2. The molecule has 0 fully saturated rings. The standard InChI is InChI=1S/C41H81N3O9/c1-5-7-9-11-13-15-17-19-21-23-25-29-33-50-36-37(51-34-30-26-24-22-20-18-16-14-12-10-8-6-2)35-43-39(45)38(44-41(47)53-49-4)31-27-28-32-42-40(46)52-48-3/h37-38H,5-36H2,1-4H3,(H,42,46)(H,43,45)(H,44,47). The Hall–Kier alpha value is -2.15. The average Bonchev–Trinajstić information content (AvgIpc) is 3.14. The Kier molecular flexibility index (Phi) is 39.4. The predicted octanol–water partition coefficient (Wildman–Crippen LogP) is 10.0. The van der Waals surface area contributed by atoms with Crippen LogP contribution in [0.5, 0.6) is 0 Å². The van der Waals surface area contributed by atoms with E-state index in [2.05, 4.69) is 49.3 Å². The van der Waals surface area contributed by atoms with Gasteiger partial charge in [-0.15, -0.1) is 0 Å². The lowest BCUT2D eigenvalue weighted by Gasteiger charge is -2.22. The third-order valence-corrected chi connectivity index (χ3v) is 9.42. The van der Waals surface area contributed by atoms with Gasteiger partial charge in [-0.1, -0.05) is 155 Å². The van der Waals surface area contributed by atoms with Crippen LogP contribution in [0, 0.1) is 0 Å². The predicted molar refractivity (Wildman–Crippen MR) is 211 cm³/mol. The largest absolute Gasteiger partial charge is 0.439 e. The van der Waals surface area contributed by atoms with Crippen LogP contribution in [-0.4, -0.2) is 77.4 Å². The number of ether oxygens (including phenoxy) is 2. The van der Waals surface area contributed by atoms with E-state index in [9.17, 15) is 14.4 Å².